The zero-order valence-electron chi connectivity index (χ0n) is 14.3. The molecule has 0 heterocycles. The molecule has 0 aliphatic heterocycles. The molecule has 0 atom stereocenters. The minimum atomic E-state index is -0.747. The predicted molar refractivity (Wildman–Crippen MR) is 90.7 cm³/mol. The van der Waals surface area contributed by atoms with Crippen LogP contribution in [-0.4, -0.2) is 47.3 Å². The van der Waals surface area contributed by atoms with Crippen molar-refractivity contribution >= 4 is 5.97 Å². The number of nitrogens with one attached hydrogen (secondary N) is 1. The van der Waals surface area contributed by atoms with E-state index >= 15 is 0 Å². The van der Waals surface area contributed by atoms with Crippen molar-refractivity contribution in [1.29, 1.82) is 0 Å². The smallest absolute Gasteiger partial charge is 0.317 e. The number of benzene rings is 1. The summed E-state index contributed by atoms with van der Waals surface area (Å²) in [6, 6.07) is 8.95. The number of aliphatic carboxylic acids is 1. The van der Waals surface area contributed by atoms with Crippen LogP contribution in [0, 0.1) is 0 Å². The second-order valence-electron chi connectivity index (χ2n) is 6.43. The summed E-state index contributed by atoms with van der Waals surface area (Å²) in [7, 11) is 0. The van der Waals surface area contributed by atoms with Crippen LogP contribution in [0.5, 0.6) is 5.75 Å². The van der Waals surface area contributed by atoms with Crippen molar-refractivity contribution in [2.24, 2.45) is 0 Å². The van der Waals surface area contributed by atoms with Crippen molar-refractivity contribution in [3.05, 3.63) is 29.8 Å². The van der Waals surface area contributed by atoms with Gasteiger partial charge in [-0.2, -0.15) is 0 Å². The van der Waals surface area contributed by atoms with Crippen LogP contribution >= 0.6 is 0 Å². The van der Waals surface area contributed by atoms with Gasteiger partial charge >= 0.3 is 5.97 Å². The molecule has 0 spiro atoms. The third-order valence-electron chi connectivity index (χ3n) is 4.29. The highest BCUT2D eigenvalue weighted by Gasteiger charge is 2.33. The first kappa shape index (κ1) is 17.8. The summed E-state index contributed by atoms with van der Waals surface area (Å²) in [4.78, 5) is 12.9. The van der Waals surface area contributed by atoms with Crippen molar-refractivity contribution in [3.63, 3.8) is 0 Å². The summed E-state index contributed by atoms with van der Waals surface area (Å²) < 4.78 is 5.84. The van der Waals surface area contributed by atoms with Gasteiger partial charge in [-0.1, -0.05) is 25.1 Å². The molecule has 1 fully saturated rings. The molecule has 128 valence electrons. The molecule has 1 aromatic rings. The Balaban J connectivity index is 1.79. The minimum Gasteiger partial charge on any atom is -0.491 e. The zero-order valence-corrected chi connectivity index (χ0v) is 14.3. The molecule has 0 aromatic heterocycles. The maximum Gasteiger partial charge on any atom is 0.317 e. The highest BCUT2D eigenvalue weighted by atomic mass is 16.5. The molecule has 2 N–H and O–H groups in total. The largest absolute Gasteiger partial charge is 0.491 e. The molecule has 0 unspecified atom stereocenters. The van der Waals surface area contributed by atoms with Gasteiger partial charge in [-0.05, 0) is 39.3 Å². The van der Waals surface area contributed by atoms with E-state index in [1.54, 1.807) is 0 Å². The molecule has 0 bridgehead atoms. The van der Waals surface area contributed by atoms with Crippen molar-refractivity contribution in [2.75, 3.05) is 13.1 Å². The molecule has 5 nitrogen and oxygen atoms in total. The maximum atomic E-state index is 10.9. The number of hydrogen-bond donors (Lipinski definition) is 2. The van der Waals surface area contributed by atoms with E-state index in [1.807, 2.05) is 43.9 Å². The lowest BCUT2D eigenvalue weighted by Gasteiger charge is -2.42. The van der Waals surface area contributed by atoms with Crippen LogP contribution in [0.3, 0.4) is 0 Å². The topological polar surface area (TPSA) is 61.8 Å². The van der Waals surface area contributed by atoms with Gasteiger partial charge < -0.3 is 15.2 Å². The van der Waals surface area contributed by atoms with Crippen molar-refractivity contribution in [3.8, 4) is 5.75 Å². The van der Waals surface area contributed by atoms with Gasteiger partial charge in [-0.3, -0.25) is 9.69 Å². The van der Waals surface area contributed by atoms with Crippen LogP contribution in [-0.2, 0) is 11.3 Å². The molecular formula is C18H28N2O3. The van der Waals surface area contributed by atoms with Crippen LogP contribution in [0.1, 0.15) is 39.2 Å². The van der Waals surface area contributed by atoms with Gasteiger partial charge in [0.1, 0.15) is 5.75 Å². The Morgan fingerprint density at radius 2 is 2.09 bits per heavy atom. The van der Waals surface area contributed by atoms with Crippen LogP contribution in [0.2, 0.25) is 0 Å². The Bertz CT molecular complexity index is 513. The number of rotatable bonds is 9. The zero-order chi connectivity index (χ0) is 16.8. The molecule has 0 amide bonds. The number of para-hydroxylation sites is 1. The average Bonchev–Trinajstić information content (AvgIpc) is 2.44. The summed E-state index contributed by atoms with van der Waals surface area (Å²) in [6.07, 6.45) is 2.18. The molecule has 2 rings (SSSR count). The van der Waals surface area contributed by atoms with E-state index < -0.39 is 5.97 Å². The summed E-state index contributed by atoms with van der Waals surface area (Å²) in [6.45, 7) is 7.78. The van der Waals surface area contributed by atoms with Gasteiger partial charge in [0.15, 0.2) is 0 Å². The van der Waals surface area contributed by atoms with E-state index in [-0.39, 0.29) is 12.6 Å². The first-order valence-electron chi connectivity index (χ1n) is 8.43. The minimum absolute atomic E-state index is 0.138. The number of likely N-dealkylation sites (N-methyl/N-ethyl adjacent to an activating group) is 1. The third kappa shape index (κ3) is 5.22. The number of carboxylic acids is 1. The summed E-state index contributed by atoms with van der Waals surface area (Å²) in [5.74, 6) is 0.190. The fourth-order valence-electron chi connectivity index (χ4n) is 3.00. The Morgan fingerprint density at radius 1 is 1.39 bits per heavy atom. The normalized spacial score (nSPS) is 20.6. The fourth-order valence-corrected chi connectivity index (χ4v) is 3.00. The Kier molecular flexibility index (Phi) is 6.42. The summed E-state index contributed by atoms with van der Waals surface area (Å²) in [5.41, 5.74) is 1.17. The van der Waals surface area contributed by atoms with Gasteiger partial charge in [0.2, 0.25) is 0 Å². The van der Waals surface area contributed by atoms with Gasteiger partial charge in [0.05, 0.1) is 12.6 Å². The van der Waals surface area contributed by atoms with E-state index in [2.05, 4.69) is 11.4 Å². The lowest BCUT2D eigenvalue weighted by atomic mass is 9.85. The van der Waals surface area contributed by atoms with Gasteiger partial charge in [0.25, 0.3) is 0 Å². The highest BCUT2D eigenvalue weighted by molar-refractivity contribution is 5.69. The summed E-state index contributed by atoms with van der Waals surface area (Å²) in [5, 5.41) is 12.5. The number of ether oxygens (including phenoxy) is 1. The molecule has 1 saturated carbocycles. The van der Waals surface area contributed by atoms with E-state index in [4.69, 9.17) is 9.84 Å². The maximum absolute atomic E-state index is 10.9. The molecule has 0 radical (unpaired) electrons. The Hall–Kier alpha value is -1.59. The van der Waals surface area contributed by atoms with Crippen molar-refractivity contribution in [1.82, 2.24) is 10.2 Å². The lowest BCUT2D eigenvalue weighted by Crippen LogP contribution is -2.53. The molecule has 1 aliphatic rings. The van der Waals surface area contributed by atoms with Gasteiger partial charge in [-0.25, -0.2) is 0 Å². The molecule has 23 heavy (non-hydrogen) atoms. The first-order chi connectivity index (χ1) is 11.0. The molecule has 1 aliphatic carbocycles. The second-order valence-corrected chi connectivity index (χ2v) is 6.43. The van der Waals surface area contributed by atoms with Crippen LogP contribution < -0.4 is 10.1 Å². The molecule has 5 heteroatoms. The average molecular weight is 320 g/mol. The second kappa shape index (κ2) is 8.31. The lowest BCUT2D eigenvalue weighted by molar-refractivity contribution is -0.139. The van der Waals surface area contributed by atoms with E-state index in [0.717, 1.165) is 31.7 Å². The van der Waals surface area contributed by atoms with E-state index in [1.165, 1.54) is 5.56 Å². The number of hydrogen-bond acceptors (Lipinski definition) is 4. The highest BCUT2D eigenvalue weighted by Crippen LogP contribution is 2.27. The molecule has 1 aromatic carbocycles. The van der Waals surface area contributed by atoms with E-state index in [0.29, 0.717) is 12.1 Å². The van der Waals surface area contributed by atoms with Crippen LogP contribution in [0.25, 0.3) is 0 Å². The van der Waals surface area contributed by atoms with Crippen LogP contribution in [0.4, 0.5) is 0 Å². The Morgan fingerprint density at radius 3 is 2.70 bits per heavy atom. The standard InChI is InChI=1S/C18H28N2O3/c1-4-20(12-18(21)22)16-9-15(10-16)19-11-14-7-5-6-8-17(14)23-13(2)3/h5-8,13,15-16,19H,4,9-12H2,1-3H3,(H,21,22). The fraction of sp³-hybridized carbons (Fsp3) is 0.611. The number of nitrogens with zero attached hydrogens (tertiary/aromatic N) is 1. The van der Waals surface area contributed by atoms with E-state index in [9.17, 15) is 4.79 Å². The Labute approximate surface area is 138 Å². The first-order valence-corrected chi connectivity index (χ1v) is 8.43. The monoisotopic (exact) mass is 320 g/mol. The van der Waals surface area contributed by atoms with Crippen LogP contribution in [0.15, 0.2) is 24.3 Å². The summed E-state index contributed by atoms with van der Waals surface area (Å²) >= 11 is 0. The number of carboxylic acid groups (broad SMARTS) is 1. The SMILES string of the molecule is CCN(CC(=O)O)C1CC(NCc2ccccc2OC(C)C)C1. The molecule has 0 saturated heterocycles. The van der Waals surface area contributed by atoms with Gasteiger partial charge in [-0.15, -0.1) is 0 Å². The predicted octanol–water partition coefficient (Wildman–Crippen LogP) is 2.50. The van der Waals surface area contributed by atoms with Gasteiger partial charge in [0, 0.05) is 24.2 Å². The molecular weight excluding hydrogens is 292 g/mol. The van der Waals surface area contributed by atoms with Crippen molar-refractivity contribution in [2.45, 2.75) is 58.3 Å². The number of carbonyl (C=O) groups is 1. The quantitative estimate of drug-likeness (QED) is 0.732. The van der Waals surface area contributed by atoms with Crippen molar-refractivity contribution < 1.29 is 14.6 Å². The third-order valence-corrected chi connectivity index (χ3v) is 4.29.